The number of hydrogen-bond acceptors (Lipinski definition) is 14. The molecule has 0 spiro atoms. The highest BCUT2D eigenvalue weighted by Crippen LogP contribution is 2.37. The average Bonchev–Trinajstić information content (AvgIpc) is 3.44. The van der Waals surface area contributed by atoms with Gasteiger partial charge in [0.2, 0.25) is 29.5 Å². The van der Waals surface area contributed by atoms with Crippen LogP contribution in [0.5, 0.6) is 0 Å². The molecular formula is C55H69N7O13SSi. The van der Waals surface area contributed by atoms with Gasteiger partial charge < -0.3 is 50.5 Å². The van der Waals surface area contributed by atoms with Crippen LogP contribution in [0.3, 0.4) is 0 Å². The van der Waals surface area contributed by atoms with Crippen molar-refractivity contribution in [1.29, 1.82) is 0 Å². The first-order chi connectivity index (χ1) is 36.8. The van der Waals surface area contributed by atoms with E-state index in [1.165, 1.54) is 35.9 Å². The van der Waals surface area contributed by atoms with Crippen molar-refractivity contribution in [3.8, 4) is 0 Å². The highest BCUT2D eigenvalue weighted by molar-refractivity contribution is 8.02. The molecule has 0 fully saturated rings. The topological polar surface area (TPSA) is 272 Å². The predicted molar refractivity (Wildman–Crippen MR) is 293 cm³/mol. The third kappa shape index (κ3) is 17.3. The monoisotopic (exact) mass is 1100 g/mol. The normalized spacial score (nSPS) is 20.9. The first-order valence-electron chi connectivity index (χ1n) is 25.2. The summed E-state index contributed by atoms with van der Waals surface area (Å²) in [5.41, 5.74) is 1.04. The summed E-state index contributed by atoms with van der Waals surface area (Å²) >= 11 is 1.06. The second-order valence-corrected chi connectivity index (χ2v) is 25.0. The number of nitro groups is 1. The van der Waals surface area contributed by atoms with E-state index in [9.17, 15) is 38.9 Å². The minimum absolute atomic E-state index is 0.124. The maximum atomic E-state index is 15.1. The van der Waals surface area contributed by atoms with E-state index >= 15 is 4.79 Å². The van der Waals surface area contributed by atoms with Gasteiger partial charge >= 0.3 is 12.1 Å². The van der Waals surface area contributed by atoms with Crippen molar-refractivity contribution in [2.24, 2.45) is 5.92 Å². The summed E-state index contributed by atoms with van der Waals surface area (Å²) in [5.74, 6) is -5.32. The predicted octanol–water partition coefficient (Wildman–Crippen LogP) is 4.64. The molecule has 20 nitrogen and oxygen atoms in total. The second kappa shape index (κ2) is 29.2. The van der Waals surface area contributed by atoms with Crippen LogP contribution >= 0.6 is 11.8 Å². The fourth-order valence-electron chi connectivity index (χ4n) is 8.47. The van der Waals surface area contributed by atoms with Crippen molar-refractivity contribution in [2.75, 3.05) is 20.3 Å². The van der Waals surface area contributed by atoms with Gasteiger partial charge in [-0.25, -0.2) is 4.79 Å². The number of carbonyl (C=O) groups excluding carboxylic acids is 7. The summed E-state index contributed by atoms with van der Waals surface area (Å²) < 4.78 is 23.5. The highest BCUT2D eigenvalue weighted by Gasteiger charge is 2.51. The van der Waals surface area contributed by atoms with Gasteiger partial charge in [0.25, 0.3) is 14.0 Å². The number of benzene rings is 4. The zero-order valence-electron chi connectivity index (χ0n) is 44.3. The fourth-order valence-corrected chi connectivity index (χ4v) is 13.8. The molecule has 1 aliphatic rings. The number of rotatable bonds is 18. The van der Waals surface area contributed by atoms with E-state index in [0.717, 1.165) is 29.2 Å². The molecule has 1 heterocycles. The van der Waals surface area contributed by atoms with Gasteiger partial charge in [0, 0.05) is 30.0 Å². The molecule has 4 aromatic rings. The van der Waals surface area contributed by atoms with E-state index in [2.05, 4.69) is 31.9 Å². The number of methoxy groups -OCH3 is 1. The lowest BCUT2D eigenvalue weighted by atomic mass is 9.98. The third-order valence-electron chi connectivity index (χ3n) is 13.0. The molecule has 5 rings (SSSR count). The Morgan fingerprint density at radius 2 is 1.26 bits per heavy atom. The van der Waals surface area contributed by atoms with Crippen molar-refractivity contribution in [1.82, 2.24) is 31.9 Å². The summed E-state index contributed by atoms with van der Waals surface area (Å²) in [4.78, 5) is 110. The summed E-state index contributed by atoms with van der Waals surface area (Å²) in [6.07, 6.45) is 0.0845. The SMILES string of the molecule is CC[C@@H](C)[C@@H]1NC(=O)C(COCc2ccc([N+](=O)[O-])cc2)NC(=O)C(CCC(=O)OC)NC(=O)[C@H](CO[Si](c2ccccc2)(c2ccccc2)C(C)(C)C)NC(=O)[C@H](NC(=O)OCc2ccccc2)[C@H](C)S/C=C\NC1=O. The number of nitrogens with one attached hydrogen (secondary N) is 6. The van der Waals surface area contributed by atoms with Gasteiger partial charge in [0.1, 0.15) is 36.8 Å². The van der Waals surface area contributed by atoms with Crippen LogP contribution in [0.1, 0.15) is 71.9 Å². The Balaban J connectivity index is 1.60. The van der Waals surface area contributed by atoms with Crippen LogP contribution in [0, 0.1) is 16.0 Å². The molecule has 0 bridgehead atoms. The van der Waals surface area contributed by atoms with E-state index in [0.29, 0.717) is 17.5 Å². The van der Waals surface area contributed by atoms with Crippen molar-refractivity contribution in [3.05, 3.63) is 148 Å². The minimum atomic E-state index is -3.44. The highest BCUT2D eigenvalue weighted by atomic mass is 32.2. The number of nitro benzene ring substituents is 1. The average molecular weight is 1100 g/mol. The molecule has 0 saturated carbocycles. The molecule has 0 aliphatic carbocycles. The number of nitrogens with zero attached hydrogens (tertiary/aromatic N) is 1. The first-order valence-corrected chi connectivity index (χ1v) is 28.0. The van der Waals surface area contributed by atoms with Crippen LogP contribution in [-0.2, 0) is 60.6 Å². The molecule has 7 atom stereocenters. The number of thioether (sulfide) groups is 1. The number of amides is 6. The number of ether oxygens (including phenoxy) is 3. The van der Waals surface area contributed by atoms with Gasteiger partial charge in [-0.15, -0.1) is 11.8 Å². The molecule has 22 heteroatoms. The summed E-state index contributed by atoms with van der Waals surface area (Å²) in [6, 6.07) is 26.3. The standard InChI is InChI=1S/C55H69N7O13SSi/c1-8-36(2)47-52(67)56-30-31-76-37(3)48(61-54(69)74-33-38-18-12-9-13-19-38)53(68)59-45(35-75-77(55(4,5)6,41-20-14-10-15-21-41)42-22-16-11-17-23-42)50(65)57-43(28-29-46(63)72-7)49(64)58-44(51(66)60-47)34-73-32-39-24-26-40(27-25-39)62(70)71/h9-27,30-31,36-37,43-45,47-48H,8,28-29,32-35H2,1-7H3,(H,56,67)(H,57,65)(H,58,64)(H,59,68)(H,60,66)(H,61,69)/b31-30-/t36-,37+,43?,44?,45+,47+,48-/m1/s1. The number of carbonyl (C=O) groups is 7. The summed E-state index contributed by atoms with van der Waals surface area (Å²) in [6.45, 7) is 10.1. The molecule has 0 radical (unpaired) electrons. The number of hydrogen-bond donors (Lipinski definition) is 6. The fraction of sp³-hybridized carbons (Fsp3) is 0.400. The molecule has 412 valence electrons. The smallest absolute Gasteiger partial charge is 0.408 e. The molecule has 1 aliphatic heterocycles. The Bertz CT molecular complexity index is 2620. The molecule has 0 aromatic heterocycles. The van der Waals surface area contributed by atoms with Gasteiger partial charge in [-0.1, -0.05) is 139 Å². The van der Waals surface area contributed by atoms with E-state index < -0.39 is 114 Å². The van der Waals surface area contributed by atoms with Crippen LogP contribution < -0.4 is 42.3 Å². The lowest BCUT2D eigenvalue weighted by molar-refractivity contribution is -0.384. The zero-order valence-corrected chi connectivity index (χ0v) is 46.1. The van der Waals surface area contributed by atoms with Crippen molar-refractivity contribution in [3.63, 3.8) is 0 Å². The number of esters is 1. The lowest BCUT2D eigenvalue weighted by Crippen LogP contribution is -2.68. The van der Waals surface area contributed by atoms with Gasteiger partial charge in [-0.05, 0) is 56.4 Å². The van der Waals surface area contributed by atoms with Gasteiger partial charge in [0.05, 0.1) is 31.9 Å². The molecule has 4 aromatic carbocycles. The summed E-state index contributed by atoms with van der Waals surface area (Å²) in [7, 11) is -2.29. The van der Waals surface area contributed by atoms with Crippen LogP contribution in [0.25, 0.3) is 0 Å². The lowest BCUT2D eigenvalue weighted by Gasteiger charge is -2.43. The van der Waals surface area contributed by atoms with E-state index in [-0.39, 0.29) is 31.7 Å². The molecular weight excluding hydrogens is 1030 g/mol. The summed E-state index contributed by atoms with van der Waals surface area (Å²) in [5, 5.41) is 29.3. The minimum Gasteiger partial charge on any atom is -0.469 e. The Morgan fingerprint density at radius 1 is 0.727 bits per heavy atom. The zero-order chi connectivity index (χ0) is 56.1. The third-order valence-corrected chi connectivity index (χ3v) is 19.0. The number of alkyl carbamates (subject to hydrolysis) is 1. The van der Waals surface area contributed by atoms with Crippen molar-refractivity contribution < 1.29 is 57.1 Å². The van der Waals surface area contributed by atoms with Gasteiger partial charge in [0.15, 0.2) is 0 Å². The van der Waals surface area contributed by atoms with Crippen molar-refractivity contribution >= 4 is 77.7 Å². The van der Waals surface area contributed by atoms with Gasteiger partial charge in [-0.3, -0.25) is 38.9 Å². The van der Waals surface area contributed by atoms with Gasteiger partial charge in [-0.2, -0.15) is 0 Å². The maximum Gasteiger partial charge on any atom is 0.408 e. The quantitative estimate of drug-likeness (QED) is 0.0343. The number of non-ortho nitro benzene ring substituents is 1. The maximum absolute atomic E-state index is 15.1. The van der Waals surface area contributed by atoms with Crippen molar-refractivity contribution in [2.45, 2.75) is 115 Å². The molecule has 2 unspecified atom stereocenters. The van der Waals surface area contributed by atoms with E-state index in [4.69, 9.17) is 18.6 Å². The van der Waals surface area contributed by atoms with E-state index in [1.807, 2.05) is 94.4 Å². The molecule has 77 heavy (non-hydrogen) atoms. The Morgan fingerprint density at radius 3 is 1.83 bits per heavy atom. The Kier molecular flexibility index (Phi) is 22.9. The van der Waals surface area contributed by atoms with Crippen LogP contribution in [-0.4, -0.2) is 111 Å². The van der Waals surface area contributed by atoms with E-state index in [1.54, 1.807) is 38.1 Å². The van der Waals surface area contributed by atoms with Crippen LogP contribution in [0.2, 0.25) is 5.04 Å². The largest absolute Gasteiger partial charge is 0.469 e. The Labute approximate surface area is 453 Å². The first kappa shape index (κ1) is 60.5. The molecule has 6 N–H and O–H groups in total. The van der Waals surface area contributed by atoms with Crippen LogP contribution in [0.15, 0.2) is 127 Å². The Hall–Kier alpha value is -7.40. The molecule has 6 amide bonds. The van der Waals surface area contributed by atoms with Crippen LogP contribution in [0.4, 0.5) is 10.5 Å². The molecule has 0 saturated heterocycles. The second-order valence-electron chi connectivity index (χ2n) is 19.4.